The Bertz CT molecular complexity index is 1400. The molecule has 0 atom stereocenters. The first-order valence-electron chi connectivity index (χ1n) is 14.8. The first kappa shape index (κ1) is 33.3. The van der Waals surface area contributed by atoms with Crippen molar-refractivity contribution in [1.29, 1.82) is 0 Å². The van der Waals surface area contributed by atoms with Crippen LogP contribution < -0.4 is 4.52 Å². The maximum atomic E-state index is 10.2. The number of rotatable bonds is 5. The van der Waals surface area contributed by atoms with Crippen LogP contribution in [0.15, 0.2) is 42.5 Å². The lowest BCUT2D eigenvalue weighted by Crippen LogP contribution is -2.21. The molecule has 0 radical (unpaired) electrons. The topological polar surface area (TPSA) is 49.7 Å². The molecule has 0 spiro atoms. The van der Waals surface area contributed by atoms with Gasteiger partial charge in [0.2, 0.25) is 0 Å². The third-order valence-corrected chi connectivity index (χ3v) is 8.32. The number of hydrogen-bond donors (Lipinski definition) is 2. The summed E-state index contributed by atoms with van der Waals surface area (Å²) >= 11 is 0. The van der Waals surface area contributed by atoms with E-state index in [0.717, 1.165) is 16.7 Å². The van der Waals surface area contributed by atoms with Gasteiger partial charge in [-0.3, -0.25) is 0 Å². The molecular formula is C37H53O3P. The van der Waals surface area contributed by atoms with Gasteiger partial charge >= 0.3 is 8.60 Å². The zero-order valence-electron chi connectivity index (χ0n) is 28.0. The molecule has 3 aromatic rings. The van der Waals surface area contributed by atoms with Gasteiger partial charge in [0.1, 0.15) is 5.75 Å². The normalized spacial score (nSPS) is 13.2. The summed E-state index contributed by atoms with van der Waals surface area (Å²) in [6.07, 6.45) is 0.711. The number of aryl methyl sites for hydroxylation is 2. The van der Waals surface area contributed by atoms with E-state index in [9.17, 15) is 9.79 Å². The van der Waals surface area contributed by atoms with Crippen LogP contribution in [0, 0.1) is 13.8 Å². The molecule has 0 saturated carbocycles. The van der Waals surface area contributed by atoms with E-state index in [2.05, 4.69) is 139 Å². The van der Waals surface area contributed by atoms with E-state index in [1.165, 1.54) is 38.9 Å². The Morgan fingerprint density at radius 1 is 0.585 bits per heavy atom. The lowest BCUT2D eigenvalue weighted by atomic mass is 9.73. The van der Waals surface area contributed by atoms with Crippen LogP contribution in [-0.2, 0) is 28.1 Å². The molecule has 4 heteroatoms. The lowest BCUT2D eigenvalue weighted by molar-refractivity contribution is 0.370. The molecule has 2 N–H and O–H groups in total. The molecule has 0 aliphatic rings. The van der Waals surface area contributed by atoms with Crippen LogP contribution in [0.3, 0.4) is 0 Å². The van der Waals surface area contributed by atoms with E-state index in [0.29, 0.717) is 12.2 Å². The van der Waals surface area contributed by atoms with Crippen molar-refractivity contribution in [3.05, 3.63) is 87.0 Å². The molecule has 0 saturated heterocycles. The van der Waals surface area contributed by atoms with E-state index < -0.39 is 8.60 Å². The smallest absolute Gasteiger partial charge is 0.391 e. The Morgan fingerprint density at radius 3 is 1.46 bits per heavy atom. The molecule has 0 unspecified atom stereocenters. The van der Waals surface area contributed by atoms with E-state index in [4.69, 9.17) is 4.52 Å². The molecular weight excluding hydrogens is 523 g/mol. The van der Waals surface area contributed by atoms with Gasteiger partial charge < -0.3 is 14.3 Å². The second-order valence-electron chi connectivity index (χ2n) is 15.9. The fourth-order valence-electron chi connectivity index (χ4n) is 6.14. The molecule has 224 valence electrons. The second-order valence-corrected chi connectivity index (χ2v) is 16.5. The van der Waals surface area contributed by atoms with Crippen LogP contribution in [0.2, 0.25) is 0 Å². The summed E-state index contributed by atoms with van der Waals surface area (Å²) in [6.45, 7) is 31.1. The zero-order chi connectivity index (χ0) is 31.3. The first-order valence-corrected chi connectivity index (χ1v) is 16.0. The molecule has 3 rings (SSSR count). The molecule has 0 aliphatic heterocycles. The third kappa shape index (κ3) is 7.61. The maximum absolute atomic E-state index is 10.2. The Labute approximate surface area is 251 Å². The van der Waals surface area contributed by atoms with Crippen LogP contribution in [0.1, 0.15) is 128 Å². The monoisotopic (exact) mass is 576 g/mol. The van der Waals surface area contributed by atoms with Crippen molar-refractivity contribution < 1.29 is 14.3 Å². The number of benzene rings is 3. The highest BCUT2D eigenvalue weighted by Crippen LogP contribution is 2.50. The molecule has 0 amide bonds. The van der Waals surface area contributed by atoms with Crippen LogP contribution in [0.4, 0.5) is 0 Å². The highest BCUT2D eigenvalue weighted by Gasteiger charge is 2.32. The average molecular weight is 577 g/mol. The van der Waals surface area contributed by atoms with Gasteiger partial charge in [-0.2, -0.15) is 0 Å². The molecule has 3 aromatic carbocycles. The van der Waals surface area contributed by atoms with Crippen molar-refractivity contribution in [2.45, 2.75) is 125 Å². The zero-order valence-corrected chi connectivity index (χ0v) is 28.9. The predicted octanol–water partition coefficient (Wildman–Crippen LogP) is 10.3. The fraction of sp³-hybridized carbons (Fsp3) is 0.514. The van der Waals surface area contributed by atoms with Crippen molar-refractivity contribution in [3.63, 3.8) is 0 Å². The Hall–Kier alpha value is -2.19. The summed E-state index contributed by atoms with van der Waals surface area (Å²) in [5, 5.41) is 0. The van der Waals surface area contributed by atoms with Gasteiger partial charge in [-0.15, -0.1) is 0 Å². The summed E-state index contributed by atoms with van der Waals surface area (Å²) in [6, 6.07) is 15.7. The Kier molecular flexibility index (Phi) is 9.33. The Morgan fingerprint density at radius 2 is 1.05 bits per heavy atom. The highest BCUT2D eigenvalue weighted by molar-refractivity contribution is 7.39. The minimum atomic E-state index is -2.61. The minimum Gasteiger partial charge on any atom is -0.426 e. The van der Waals surface area contributed by atoms with Crippen LogP contribution in [0.25, 0.3) is 11.1 Å². The Balaban J connectivity index is 2.48. The molecule has 3 nitrogen and oxygen atoms in total. The summed E-state index contributed by atoms with van der Waals surface area (Å²) in [5.74, 6) is 0.572. The second kappa shape index (κ2) is 11.5. The predicted molar refractivity (Wildman–Crippen MR) is 177 cm³/mol. The molecule has 0 fully saturated rings. The third-order valence-electron chi connectivity index (χ3n) is 7.98. The summed E-state index contributed by atoms with van der Waals surface area (Å²) in [5.41, 5.74) is 11.4. The van der Waals surface area contributed by atoms with Crippen LogP contribution >= 0.6 is 8.60 Å². The SMILES string of the molecule is Cc1cc(Cc2c(C(C)(C)C)cc(C(C)(C)C)c(OP(O)O)c2-c2ccc(C(C)(C)C)c(C)c2)ccc1C(C)(C)C. The van der Waals surface area contributed by atoms with Crippen molar-refractivity contribution in [3.8, 4) is 16.9 Å². The van der Waals surface area contributed by atoms with Gasteiger partial charge in [0.15, 0.2) is 0 Å². The van der Waals surface area contributed by atoms with E-state index >= 15 is 0 Å². The lowest BCUT2D eigenvalue weighted by Gasteiger charge is -2.33. The van der Waals surface area contributed by atoms with Gasteiger partial charge in [0.05, 0.1) is 0 Å². The summed E-state index contributed by atoms with van der Waals surface area (Å²) in [4.78, 5) is 20.4. The summed E-state index contributed by atoms with van der Waals surface area (Å²) < 4.78 is 6.00. The van der Waals surface area contributed by atoms with Gasteiger partial charge in [0, 0.05) is 11.1 Å². The van der Waals surface area contributed by atoms with Crippen molar-refractivity contribution >= 4 is 8.60 Å². The maximum Gasteiger partial charge on any atom is 0.391 e. The largest absolute Gasteiger partial charge is 0.426 e. The molecule has 0 aliphatic carbocycles. The fourth-order valence-corrected chi connectivity index (χ4v) is 6.49. The van der Waals surface area contributed by atoms with E-state index in [-0.39, 0.29) is 21.7 Å². The van der Waals surface area contributed by atoms with Gasteiger partial charge in [-0.05, 0) is 86.4 Å². The van der Waals surface area contributed by atoms with Crippen molar-refractivity contribution in [2.75, 3.05) is 0 Å². The standard InChI is InChI=1S/C37H53O3P/c1-23-19-25(15-17-28(23)34(3,4)5)21-27-30(36(9,10)11)22-31(37(12,13)14)33(40-41(38)39)32(27)26-16-18-29(24(2)20-26)35(6,7)8/h15-20,22,38-39H,21H2,1-14H3. The molecule has 0 aromatic heterocycles. The van der Waals surface area contributed by atoms with Crippen molar-refractivity contribution in [2.24, 2.45) is 0 Å². The van der Waals surface area contributed by atoms with Crippen LogP contribution in [-0.4, -0.2) is 9.79 Å². The van der Waals surface area contributed by atoms with E-state index in [1.54, 1.807) is 0 Å². The van der Waals surface area contributed by atoms with Crippen molar-refractivity contribution in [1.82, 2.24) is 0 Å². The molecule has 41 heavy (non-hydrogen) atoms. The van der Waals surface area contributed by atoms with Gasteiger partial charge in [0.25, 0.3) is 0 Å². The summed E-state index contributed by atoms with van der Waals surface area (Å²) in [7, 11) is -2.61. The van der Waals surface area contributed by atoms with E-state index in [1.807, 2.05) is 0 Å². The molecule has 0 heterocycles. The van der Waals surface area contributed by atoms with Crippen LogP contribution in [0.5, 0.6) is 5.75 Å². The first-order chi connectivity index (χ1) is 18.5. The highest BCUT2D eigenvalue weighted by atomic mass is 31.2. The van der Waals surface area contributed by atoms with Gasteiger partial charge in [-0.1, -0.05) is 126 Å². The minimum absolute atomic E-state index is 0.0193. The van der Waals surface area contributed by atoms with Gasteiger partial charge in [-0.25, -0.2) is 0 Å². The number of hydrogen-bond acceptors (Lipinski definition) is 3. The molecule has 0 bridgehead atoms. The average Bonchev–Trinajstić information content (AvgIpc) is 2.75. The quantitative estimate of drug-likeness (QED) is 0.297.